The molecule has 2 amide bonds. The summed E-state index contributed by atoms with van der Waals surface area (Å²) in [4.78, 5) is 37.3. The van der Waals surface area contributed by atoms with E-state index in [0.29, 0.717) is 13.0 Å². The van der Waals surface area contributed by atoms with Crippen LogP contribution >= 0.6 is 0 Å². The Bertz CT molecular complexity index is 451. The predicted molar refractivity (Wildman–Crippen MR) is 88.5 cm³/mol. The number of nitrogens with one attached hydrogen (secondary N) is 2. The zero-order chi connectivity index (χ0) is 18.3. The highest BCUT2D eigenvalue weighted by Crippen LogP contribution is 2.22. The number of likely N-dealkylation sites (N-methyl/N-ethyl adjacent to an activating group) is 1. The first-order chi connectivity index (χ1) is 11.3. The van der Waals surface area contributed by atoms with Crippen molar-refractivity contribution < 1.29 is 24.2 Å². The molecule has 0 radical (unpaired) electrons. The Labute approximate surface area is 142 Å². The minimum absolute atomic E-state index is 0.208. The number of hydrogen-bond donors (Lipinski definition) is 3. The molecule has 0 saturated carbocycles. The van der Waals surface area contributed by atoms with E-state index in [4.69, 9.17) is 9.84 Å². The third-order valence-electron chi connectivity index (χ3n) is 3.96. The lowest BCUT2D eigenvalue weighted by Crippen LogP contribution is -2.50. The van der Waals surface area contributed by atoms with Crippen LogP contribution in [0.4, 0.5) is 0 Å². The third kappa shape index (κ3) is 6.45. The Morgan fingerprint density at radius 2 is 1.79 bits per heavy atom. The molecule has 0 bridgehead atoms. The lowest BCUT2D eigenvalue weighted by molar-refractivity contribution is -0.138. The maximum atomic E-state index is 12.3. The summed E-state index contributed by atoms with van der Waals surface area (Å²) < 4.78 is 4.82. The molecule has 8 nitrogen and oxygen atoms in total. The van der Waals surface area contributed by atoms with Gasteiger partial charge in [0.15, 0.2) is 12.2 Å². The van der Waals surface area contributed by atoms with Crippen molar-refractivity contribution in [2.75, 3.05) is 26.2 Å². The highest BCUT2D eigenvalue weighted by molar-refractivity contribution is 5.95. The minimum Gasteiger partial charge on any atom is -0.479 e. The van der Waals surface area contributed by atoms with Crippen LogP contribution in [0.1, 0.15) is 34.1 Å². The number of epoxide rings is 1. The average Bonchev–Trinajstić information content (AvgIpc) is 3.31. The smallest absolute Gasteiger partial charge is 0.336 e. The fourth-order valence-corrected chi connectivity index (χ4v) is 2.46. The van der Waals surface area contributed by atoms with Crippen molar-refractivity contribution in [3.8, 4) is 0 Å². The number of carboxylic acid groups (broad SMARTS) is 1. The van der Waals surface area contributed by atoms with E-state index in [1.165, 1.54) is 0 Å². The van der Waals surface area contributed by atoms with Gasteiger partial charge in [0.2, 0.25) is 5.91 Å². The van der Waals surface area contributed by atoms with Crippen LogP contribution in [0.25, 0.3) is 0 Å². The van der Waals surface area contributed by atoms with Gasteiger partial charge < -0.3 is 25.4 Å². The summed E-state index contributed by atoms with van der Waals surface area (Å²) in [6.07, 6.45) is -1.62. The summed E-state index contributed by atoms with van der Waals surface area (Å²) in [7, 11) is 0. The van der Waals surface area contributed by atoms with Crippen molar-refractivity contribution in [1.82, 2.24) is 15.5 Å². The van der Waals surface area contributed by atoms with Crippen molar-refractivity contribution in [3.05, 3.63) is 0 Å². The van der Waals surface area contributed by atoms with Gasteiger partial charge in [-0.3, -0.25) is 9.59 Å². The van der Waals surface area contributed by atoms with Crippen molar-refractivity contribution in [3.63, 3.8) is 0 Å². The topological polar surface area (TPSA) is 111 Å². The lowest BCUT2D eigenvalue weighted by atomic mass is 10.0. The Hall–Kier alpha value is -1.67. The summed E-state index contributed by atoms with van der Waals surface area (Å²) in [5.41, 5.74) is 0. The van der Waals surface area contributed by atoms with Gasteiger partial charge >= 0.3 is 5.97 Å². The maximum absolute atomic E-state index is 12.3. The van der Waals surface area contributed by atoms with Crippen molar-refractivity contribution >= 4 is 17.8 Å². The number of carbonyl (C=O) groups excluding carboxylic acids is 2. The Balaban J connectivity index is 2.50. The highest BCUT2D eigenvalue weighted by Gasteiger charge is 2.51. The van der Waals surface area contributed by atoms with Crippen LogP contribution < -0.4 is 10.6 Å². The van der Waals surface area contributed by atoms with Crippen LogP contribution in [-0.4, -0.2) is 72.2 Å². The SMILES string of the molecule is CCN(CC)CCNC(=O)[C@H](CC(C)C)NC(=O)[C@@H]1O[C@H]1C(=O)O. The second-order valence-corrected chi connectivity index (χ2v) is 6.32. The van der Waals surface area contributed by atoms with E-state index < -0.39 is 30.1 Å². The van der Waals surface area contributed by atoms with Crippen LogP contribution in [0, 0.1) is 5.92 Å². The first kappa shape index (κ1) is 20.4. The van der Waals surface area contributed by atoms with Gasteiger partial charge in [0.25, 0.3) is 5.91 Å². The van der Waals surface area contributed by atoms with Crippen molar-refractivity contribution in [1.29, 1.82) is 0 Å². The summed E-state index contributed by atoms with van der Waals surface area (Å²) in [6, 6.07) is -0.687. The molecule has 1 saturated heterocycles. The lowest BCUT2D eigenvalue weighted by Gasteiger charge is -2.22. The fraction of sp³-hybridized carbons (Fsp3) is 0.812. The van der Waals surface area contributed by atoms with Crippen LogP contribution in [0.5, 0.6) is 0 Å². The quantitative estimate of drug-likeness (QED) is 0.449. The zero-order valence-corrected chi connectivity index (χ0v) is 14.9. The Kier molecular flexibility index (Phi) is 8.14. The molecular weight excluding hydrogens is 314 g/mol. The zero-order valence-electron chi connectivity index (χ0n) is 14.9. The van der Waals surface area contributed by atoms with Crippen LogP contribution in [0.3, 0.4) is 0 Å². The van der Waals surface area contributed by atoms with Crippen LogP contribution in [0.2, 0.25) is 0 Å². The van der Waals surface area contributed by atoms with E-state index >= 15 is 0 Å². The van der Waals surface area contributed by atoms with Crippen molar-refractivity contribution in [2.24, 2.45) is 5.92 Å². The summed E-state index contributed by atoms with van der Waals surface area (Å²) >= 11 is 0. The standard InChI is InChI=1S/C16H29N3O5/c1-5-19(6-2)8-7-17-14(20)11(9-10(3)4)18-15(21)12-13(24-12)16(22)23/h10-13H,5-9H2,1-4H3,(H,17,20)(H,18,21)(H,22,23)/t11-,12+,13+/m0/s1. The number of hydrogen-bond acceptors (Lipinski definition) is 5. The summed E-state index contributed by atoms with van der Waals surface area (Å²) in [5, 5.41) is 14.2. The molecule has 1 aliphatic heterocycles. The average molecular weight is 343 g/mol. The van der Waals surface area contributed by atoms with Gasteiger partial charge in [-0.15, -0.1) is 0 Å². The second-order valence-electron chi connectivity index (χ2n) is 6.32. The number of amides is 2. The minimum atomic E-state index is -1.17. The molecule has 0 aromatic rings. The summed E-state index contributed by atoms with van der Waals surface area (Å²) in [6.45, 7) is 11.1. The molecule has 0 unspecified atom stereocenters. The highest BCUT2D eigenvalue weighted by atomic mass is 16.6. The predicted octanol–water partition coefficient (Wildman–Crippen LogP) is -0.173. The van der Waals surface area contributed by atoms with Gasteiger partial charge in [0.1, 0.15) is 6.04 Å². The monoisotopic (exact) mass is 343 g/mol. The van der Waals surface area contributed by atoms with Gasteiger partial charge in [0, 0.05) is 13.1 Å². The van der Waals surface area contributed by atoms with E-state index in [1.807, 2.05) is 13.8 Å². The van der Waals surface area contributed by atoms with Gasteiger partial charge in [-0.2, -0.15) is 0 Å². The molecule has 3 N–H and O–H groups in total. The van der Waals surface area contributed by atoms with Gasteiger partial charge in [-0.25, -0.2) is 4.79 Å². The molecule has 8 heteroatoms. The van der Waals surface area contributed by atoms with E-state index in [0.717, 1.165) is 19.6 Å². The van der Waals surface area contributed by atoms with Gasteiger partial charge in [-0.05, 0) is 25.4 Å². The van der Waals surface area contributed by atoms with E-state index in [2.05, 4.69) is 29.4 Å². The molecule has 3 atom stereocenters. The number of aliphatic carboxylic acids is 1. The first-order valence-corrected chi connectivity index (χ1v) is 8.48. The van der Waals surface area contributed by atoms with Gasteiger partial charge in [-0.1, -0.05) is 27.7 Å². The molecule has 0 aromatic heterocycles. The first-order valence-electron chi connectivity index (χ1n) is 8.48. The molecule has 1 rings (SSSR count). The molecule has 0 aromatic carbocycles. The van der Waals surface area contributed by atoms with Gasteiger partial charge in [0.05, 0.1) is 0 Å². The maximum Gasteiger partial charge on any atom is 0.336 e. The van der Waals surface area contributed by atoms with E-state index in [-0.39, 0.29) is 11.8 Å². The Morgan fingerprint density at radius 3 is 2.25 bits per heavy atom. The largest absolute Gasteiger partial charge is 0.479 e. The molecule has 1 aliphatic rings. The summed E-state index contributed by atoms with van der Waals surface area (Å²) in [5.74, 6) is -1.76. The Morgan fingerprint density at radius 1 is 1.17 bits per heavy atom. The third-order valence-corrected chi connectivity index (χ3v) is 3.96. The number of rotatable bonds is 11. The molecule has 1 heterocycles. The van der Waals surface area contributed by atoms with E-state index in [9.17, 15) is 14.4 Å². The number of carbonyl (C=O) groups is 3. The number of ether oxygens (including phenoxy) is 1. The molecule has 1 fully saturated rings. The van der Waals surface area contributed by atoms with Crippen LogP contribution in [-0.2, 0) is 19.1 Å². The van der Waals surface area contributed by atoms with E-state index in [1.54, 1.807) is 0 Å². The molecule has 138 valence electrons. The number of nitrogens with zero attached hydrogens (tertiary/aromatic N) is 1. The molecule has 0 spiro atoms. The molecule has 0 aliphatic carbocycles. The molecule has 24 heavy (non-hydrogen) atoms. The normalized spacial score (nSPS) is 20.8. The molecular formula is C16H29N3O5. The number of carboxylic acids is 1. The van der Waals surface area contributed by atoms with Crippen molar-refractivity contribution in [2.45, 2.75) is 52.4 Å². The fourth-order valence-electron chi connectivity index (χ4n) is 2.46. The second kappa shape index (κ2) is 9.58. The van der Waals surface area contributed by atoms with Crippen LogP contribution in [0.15, 0.2) is 0 Å².